The molecule has 7 heteroatoms. The average Bonchev–Trinajstić information content (AvgIpc) is 2.84. The number of anilines is 1. The van der Waals surface area contributed by atoms with Crippen molar-refractivity contribution in [2.75, 3.05) is 11.1 Å². The lowest BCUT2D eigenvalue weighted by molar-refractivity contribution is -0.136. The third-order valence-electron chi connectivity index (χ3n) is 2.52. The van der Waals surface area contributed by atoms with Crippen LogP contribution in [0.3, 0.4) is 0 Å². The second-order valence-corrected chi connectivity index (χ2v) is 6.27. The lowest BCUT2D eigenvalue weighted by Gasteiger charge is -2.02. The molecule has 2 N–H and O–H groups in total. The Bertz CT molecular complexity index is 638. The first-order chi connectivity index (χ1) is 10.0. The van der Waals surface area contributed by atoms with Crippen molar-refractivity contribution in [3.8, 4) is 0 Å². The van der Waals surface area contributed by atoms with E-state index in [4.69, 9.17) is 5.11 Å². The van der Waals surface area contributed by atoms with Gasteiger partial charge in [-0.25, -0.2) is 4.98 Å². The minimum absolute atomic E-state index is 0.134. The van der Waals surface area contributed by atoms with Crippen molar-refractivity contribution in [2.24, 2.45) is 0 Å². The van der Waals surface area contributed by atoms with Crippen LogP contribution in [-0.4, -0.2) is 27.7 Å². The number of amides is 1. The fourth-order valence-electron chi connectivity index (χ4n) is 1.54. The first-order valence-corrected chi connectivity index (χ1v) is 8.05. The van der Waals surface area contributed by atoms with E-state index in [9.17, 15) is 9.59 Å². The number of rotatable bonds is 6. The Hall–Kier alpha value is -1.86. The normalized spacial score (nSPS) is 10.3. The van der Waals surface area contributed by atoms with Crippen LogP contribution in [0.25, 0.3) is 0 Å². The van der Waals surface area contributed by atoms with E-state index in [0.717, 1.165) is 4.90 Å². The number of thioether (sulfide) groups is 1. The predicted octanol–water partition coefficient (Wildman–Crippen LogP) is 2.81. The minimum atomic E-state index is -0.937. The summed E-state index contributed by atoms with van der Waals surface area (Å²) in [5.74, 6) is -0.804. The first-order valence-electron chi connectivity index (χ1n) is 6.18. The third-order valence-corrected chi connectivity index (χ3v) is 4.34. The highest BCUT2D eigenvalue weighted by molar-refractivity contribution is 8.00. The average molecular weight is 322 g/mol. The van der Waals surface area contributed by atoms with E-state index >= 15 is 0 Å². The lowest BCUT2D eigenvalue weighted by Crippen LogP contribution is -2.14. The number of benzene rings is 1. The van der Waals surface area contributed by atoms with Gasteiger partial charge in [-0.05, 0) is 19.1 Å². The summed E-state index contributed by atoms with van der Waals surface area (Å²) in [4.78, 5) is 27.4. The van der Waals surface area contributed by atoms with Crippen molar-refractivity contribution in [1.82, 2.24) is 4.98 Å². The molecule has 1 amide bonds. The highest BCUT2D eigenvalue weighted by Gasteiger charge is 2.09. The number of thiazole rings is 1. The van der Waals surface area contributed by atoms with Crippen LogP contribution in [0.4, 0.5) is 5.13 Å². The van der Waals surface area contributed by atoms with E-state index in [1.54, 1.807) is 5.38 Å². The van der Waals surface area contributed by atoms with Crippen LogP contribution in [0.15, 0.2) is 34.5 Å². The van der Waals surface area contributed by atoms with Crippen LogP contribution in [0.2, 0.25) is 0 Å². The highest BCUT2D eigenvalue weighted by atomic mass is 32.2. The van der Waals surface area contributed by atoms with Crippen LogP contribution in [0.1, 0.15) is 11.3 Å². The predicted molar refractivity (Wildman–Crippen MR) is 84.0 cm³/mol. The number of aryl methyl sites for hydroxylation is 1. The van der Waals surface area contributed by atoms with Crippen molar-refractivity contribution in [2.45, 2.75) is 18.2 Å². The van der Waals surface area contributed by atoms with E-state index in [1.165, 1.54) is 28.7 Å². The molecule has 0 aliphatic heterocycles. The molecule has 21 heavy (non-hydrogen) atoms. The molecule has 1 heterocycles. The number of hydrogen-bond acceptors (Lipinski definition) is 5. The molecule has 5 nitrogen and oxygen atoms in total. The number of nitrogens with zero attached hydrogens (tertiary/aromatic N) is 1. The number of carbonyl (C=O) groups excluding carboxylic acids is 1. The maximum absolute atomic E-state index is 11.8. The number of carboxylic acid groups (broad SMARTS) is 1. The molecule has 0 aliphatic carbocycles. The molecule has 0 unspecified atom stereocenters. The van der Waals surface area contributed by atoms with Crippen LogP contribution in [0.5, 0.6) is 0 Å². The first kappa shape index (κ1) is 15.5. The summed E-state index contributed by atoms with van der Waals surface area (Å²) in [5.41, 5.74) is 1.63. The van der Waals surface area contributed by atoms with Crippen LogP contribution < -0.4 is 5.32 Å². The summed E-state index contributed by atoms with van der Waals surface area (Å²) in [6, 6.07) is 7.95. The summed E-state index contributed by atoms with van der Waals surface area (Å²) in [5, 5.41) is 13.4. The van der Waals surface area contributed by atoms with E-state index < -0.39 is 5.97 Å². The lowest BCUT2D eigenvalue weighted by atomic mass is 10.2. The molecule has 0 aliphatic rings. The second kappa shape index (κ2) is 7.24. The molecule has 1 aromatic carbocycles. The molecular formula is C14H14N2O3S2. The van der Waals surface area contributed by atoms with Gasteiger partial charge in [0.05, 0.1) is 17.9 Å². The quantitative estimate of drug-likeness (QED) is 0.800. The van der Waals surface area contributed by atoms with Gasteiger partial charge in [0.2, 0.25) is 5.91 Å². The summed E-state index contributed by atoms with van der Waals surface area (Å²) < 4.78 is 0. The zero-order valence-electron chi connectivity index (χ0n) is 11.3. The fourth-order valence-corrected chi connectivity index (χ4v) is 2.96. The van der Waals surface area contributed by atoms with Gasteiger partial charge < -0.3 is 10.4 Å². The van der Waals surface area contributed by atoms with Crippen LogP contribution in [-0.2, 0) is 16.0 Å². The van der Waals surface area contributed by atoms with Gasteiger partial charge >= 0.3 is 5.97 Å². The molecular weight excluding hydrogens is 308 g/mol. The Morgan fingerprint density at radius 1 is 1.33 bits per heavy atom. The molecule has 110 valence electrons. The Morgan fingerprint density at radius 3 is 2.71 bits per heavy atom. The van der Waals surface area contributed by atoms with Crippen molar-refractivity contribution in [3.05, 3.63) is 40.9 Å². The van der Waals surface area contributed by atoms with E-state index in [-0.39, 0.29) is 18.1 Å². The summed E-state index contributed by atoms with van der Waals surface area (Å²) in [6.45, 7) is 2.01. The SMILES string of the molecule is Cc1ccc(SCC(=O)Nc2nc(CC(=O)O)cs2)cc1. The Balaban J connectivity index is 1.82. The van der Waals surface area contributed by atoms with Gasteiger partial charge in [-0.15, -0.1) is 23.1 Å². The van der Waals surface area contributed by atoms with Gasteiger partial charge in [0.25, 0.3) is 0 Å². The Morgan fingerprint density at radius 2 is 2.05 bits per heavy atom. The molecule has 0 saturated carbocycles. The van der Waals surface area contributed by atoms with Gasteiger partial charge in [-0.3, -0.25) is 9.59 Å². The number of carboxylic acids is 1. The maximum atomic E-state index is 11.8. The van der Waals surface area contributed by atoms with Crippen molar-refractivity contribution < 1.29 is 14.7 Å². The molecule has 0 fully saturated rings. The van der Waals surface area contributed by atoms with Crippen molar-refractivity contribution in [3.63, 3.8) is 0 Å². The van der Waals surface area contributed by atoms with E-state index in [0.29, 0.717) is 10.8 Å². The molecule has 2 rings (SSSR count). The van der Waals surface area contributed by atoms with E-state index in [1.807, 2.05) is 31.2 Å². The number of aliphatic carboxylic acids is 1. The van der Waals surface area contributed by atoms with Gasteiger partial charge in [-0.1, -0.05) is 17.7 Å². The topological polar surface area (TPSA) is 79.3 Å². The molecule has 0 atom stereocenters. The fraction of sp³-hybridized carbons (Fsp3) is 0.214. The second-order valence-electron chi connectivity index (χ2n) is 4.36. The largest absolute Gasteiger partial charge is 0.481 e. The minimum Gasteiger partial charge on any atom is -0.481 e. The molecule has 2 aromatic rings. The van der Waals surface area contributed by atoms with Crippen molar-refractivity contribution in [1.29, 1.82) is 0 Å². The standard InChI is InChI=1S/C14H14N2O3S2/c1-9-2-4-11(5-3-9)20-8-12(17)16-14-15-10(7-21-14)6-13(18)19/h2-5,7H,6,8H2,1H3,(H,18,19)(H,15,16,17). The van der Waals surface area contributed by atoms with Crippen molar-refractivity contribution >= 4 is 40.1 Å². The smallest absolute Gasteiger partial charge is 0.309 e. The third kappa shape index (κ3) is 5.20. The number of hydrogen-bond donors (Lipinski definition) is 2. The van der Waals surface area contributed by atoms with Crippen LogP contribution in [0, 0.1) is 6.92 Å². The zero-order chi connectivity index (χ0) is 15.2. The van der Waals surface area contributed by atoms with Gasteiger partial charge in [0.1, 0.15) is 0 Å². The summed E-state index contributed by atoms with van der Waals surface area (Å²) in [7, 11) is 0. The summed E-state index contributed by atoms with van der Waals surface area (Å²) >= 11 is 2.67. The molecule has 0 spiro atoms. The molecule has 0 saturated heterocycles. The van der Waals surface area contributed by atoms with Gasteiger partial charge in [0, 0.05) is 10.3 Å². The van der Waals surface area contributed by atoms with Gasteiger partial charge in [0.15, 0.2) is 5.13 Å². The number of nitrogens with one attached hydrogen (secondary N) is 1. The maximum Gasteiger partial charge on any atom is 0.309 e. The summed E-state index contributed by atoms with van der Waals surface area (Å²) in [6.07, 6.45) is -0.134. The number of carbonyl (C=O) groups is 2. The highest BCUT2D eigenvalue weighted by Crippen LogP contribution is 2.20. The molecule has 1 aromatic heterocycles. The monoisotopic (exact) mass is 322 g/mol. The number of aromatic nitrogens is 1. The Labute approximate surface area is 130 Å². The van der Waals surface area contributed by atoms with Crippen LogP contribution >= 0.6 is 23.1 Å². The molecule has 0 radical (unpaired) electrons. The Kier molecular flexibility index (Phi) is 5.35. The zero-order valence-corrected chi connectivity index (χ0v) is 13.0. The van der Waals surface area contributed by atoms with E-state index in [2.05, 4.69) is 10.3 Å². The molecule has 0 bridgehead atoms. The van der Waals surface area contributed by atoms with Gasteiger partial charge in [-0.2, -0.15) is 0 Å².